The number of aromatic nitrogens is 1. The van der Waals surface area contributed by atoms with Gasteiger partial charge >= 0.3 is 5.97 Å². The van der Waals surface area contributed by atoms with Crippen LogP contribution in [0.1, 0.15) is 59.2 Å². The van der Waals surface area contributed by atoms with E-state index in [1.54, 1.807) is 17.8 Å². The SMILES string of the molecule is COC(=O)c1ccccc1SCc1c(C)nc(CC(C)(C)C)c(CN)c1-c1ccc(C)cc1. The fourth-order valence-electron chi connectivity index (χ4n) is 3.98. The lowest BCUT2D eigenvalue weighted by Crippen LogP contribution is -2.17. The maximum Gasteiger partial charge on any atom is 0.338 e. The highest BCUT2D eigenvalue weighted by Gasteiger charge is 2.23. The van der Waals surface area contributed by atoms with Gasteiger partial charge in [0, 0.05) is 28.6 Å². The zero-order valence-corrected chi connectivity index (χ0v) is 21.3. The van der Waals surface area contributed by atoms with Crippen molar-refractivity contribution >= 4 is 17.7 Å². The van der Waals surface area contributed by atoms with E-state index < -0.39 is 0 Å². The number of benzene rings is 2. The number of esters is 1. The van der Waals surface area contributed by atoms with Crippen LogP contribution >= 0.6 is 11.8 Å². The van der Waals surface area contributed by atoms with E-state index in [4.69, 9.17) is 15.5 Å². The van der Waals surface area contributed by atoms with E-state index in [1.165, 1.54) is 18.2 Å². The van der Waals surface area contributed by atoms with Gasteiger partial charge in [0.2, 0.25) is 0 Å². The van der Waals surface area contributed by atoms with Crippen LogP contribution in [0.5, 0.6) is 0 Å². The first-order valence-corrected chi connectivity index (χ1v) is 12.2. The first-order valence-electron chi connectivity index (χ1n) is 11.2. The van der Waals surface area contributed by atoms with Crippen molar-refractivity contribution < 1.29 is 9.53 Å². The van der Waals surface area contributed by atoms with E-state index in [0.717, 1.165) is 39.4 Å². The molecule has 0 radical (unpaired) electrons. The Labute approximate surface area is 202 Å². The van der Waals surface area contributed by atoms with Gasteiger partial charge in [0.25, 0.3) is 0 Å². The van der Waals surface area contributed by atoms with Crippen LogP contribution in [0.3, 0.4) is 0 Å². The lowest BCUT2D eigenvalue weighted by molar-refractivity contribution is 0.0597. The molecule has 2 aromatic carbocycles. The number of rotatable bonds is 7. The second-order valence-electron chi connectivity index (χ2n) is 9.56. The van der Waals surface area contributed by atoms with E-state index in [9.17, 15) is 4.79 Å². The van der Waals surface area contributed by atoms with E-state index in [2.05, 4.69) is 58.9 Å². The topological polar surface area (TPSA) is 65.2 Å². The highest BCUT2D eigenvalue weighted by molar-refractivity contribution is 7.98. The van der Waals surface area contributed by atoms with E-state index in [-0.39, 0.29) is 11.4 Å². The predicted octanol–water partition coefficient (Wildman–Crippen LogP) is 6.49. The molecule has 3 rings (SSSR count). The molecular weight excluding hydrogens is 428 g/mol. The Bertz CT molecular complexity index is 1130. The Hall–Kier alpha value is -2.63. The molecule has 0 bridgehead atoms. The smallest absolute Gasteiger partial charge is 0.338 e. The first kappa shape index (κ1) is 25.0. The number of pyridine rings is 1. The average molecular weight is 463 g/mol. The molecule has 0 aliphatic rings. The molecule has 0 aliphatic carbocycles. The molecule has 0 aliphatic heterocycles. The Morgan fingerprint density at radius 1 is 1.03 bits per heavy atom. The molecule has 0 saturated carbocycles. The molecule has 5 heteroatoms. The molecule has 4 nitrogen and oxygen atoms in total. The van der Waals surface area contributed by atoms with Gasteiger partial charge < -0.3 is 10.5 Å². The molecule has 3 aromatic rings. The van der Waals surface area contributed by atoms with Gasteiger partial charge in [-0.15, -0.1) is 11.8 Å². The van der Waals surface area contributed by atoms with E-state index in [1.807, 2.05) is 18.2 Å². The second-order valence-corrected chi connectivity index (χ2v) is 10.6. The second kappa shape index (κ2) is 10.5. The summed E-state index contributed by atoms with van der Waals surface area (Å²) in [6.07, 6.45) is 0.859. The Kier molecular flexibility index (Phi) is 7.98. The zero-order chi connectivity index (χ0) is 24.2. The number of ether oxygens (including phenoxy) is 1. The molecular formula is C28H34N2O2S. The molecule has 0 atom stereocenters. The number of thioether (sulfide) groups is 1. The van der Waals surface area contributed by atoms with E-state index in [0.29, 0.717) is 17.9 Å². The van der Waals surface area contributed by atoms with Crippen LogP contribution in [-0.2, 0) is 23.5 Å². The zero-order valence-electron chi connectivity index (χ0n) is 20.5. The maximum absolute atomic E-state index is 12.2. The van der Waals surface area contributed by atoms with Crippen LogP contribution < -0.4 is 5.73 Å². The van der Waals surface area contributed by atoms with Crippen LogP contribution in [0.2, 0.25) is 0 Å². The van der Waals surface area contributed by atoms with Gasteiger partial charge in [-0.3, -0.25) is 4.98 Å². The monoisotopic (exact) mass is 462 g/mol. The van der Waals surface area contributed by atoms with Crippen molar-refractivity contribution in [3.8, 4) is 11.1 Å². The minimum atomic E-state index is -0.324. The number of hydrogen-bond acceptors (Lipinski definition) is 5. The molecule has 1 heterocycles. The van der Waals surface area contributed by atoms with Gasteiger partial charge in [0.05, 0.1) is 12.7 Å². The minimum Gasteiger partial charge on any atom is -0.465 e. The quantitative estimate of drug-likeness (QED) is 0.321. The van der Waals surface area contributed by atoms with Crippen LogP contribution in [0, 0.1) is 19.3 Å². The lowest BCUT2D eigenvalue weighted by atomic mass is 9.85. The number of nitrogens with two attached hydrogens (primary N) is 1. The van der Waals surface area contributed by atoms with Crippen molar-refractivity contribution in [2.75, 3.05) is 7.11 Å². The summed E-state index contributed by atoms with van der Waals surface area (Å²) in [6, 6.07) is 16.2. The first-order chi connectivity index (χ1) is 15.6. The minimum absolute atomic E-state index is 0.101. The summed E-state index contributed by atoms with van der Waals surface area (Å²) in [5.41, 5.74) is 14.9. The van der Waals surface area contributed by atoms with Crippen LogP contribution in [0.4, 0.5) is 0 Å². The van der Waals surface area contributed by atoms with Crippen LogP contribution in [-0.4, -0.2) is 18.1 Å². The van der Waals surface area contributed by atoms with E-state index >= 15 is 0 Å². The van der Waals surface area contributed by atoms with Gasteiger partial charge in [-0.05, 0) is 60.1 Å². The average Bonchev–Trinajstić information content (AvgIpc) is 2.77. The molecule has 174 valence electrons. The normalized spacial score (nSPS) is 11.5. The number of aryl methyl sites for hydroxylation is 2. The Morgan fingerprint density at radius 2 is 1.70 bits per heavy atom. The van der Waals surface area contributed by atoms with Crippen molar-refractivity contribution in [3.05, 3.63) is 82.2 Å². The molecule has 2 N–H and O–H groups in total. The Morgan fingerprint density at radius 3 is 2.30 bits per heavy atom. The van der Waals surface area contributed by atoms with Crippen LogP contribution in [0.15, 0.2) is 53.4 Å². The van der Waals surface area contributed by atoms with Crippen molar-refractivity contribution in [2.24, 2.45) is 11.1 Å². The molecule has 0 unspecified atom stereocenters. The highest BCUT2D eigenvalue weighted by atomic mass is 32.2. The third kappa shape index (κ3) is 6.04. The molecule has 0 fully saturated rings. The Balaban J connectivity index is 2.13. The number of carbonyl (C=O) groups is 1. The molecule has 0 amide bonds. The van der Waals surface area contributed by atoms with Gasteiger partial charge in [0.15, 0.2) is 0 Å². The third-order valence-electron chi connectivity index (χ3n) is 5.60. The third-order valence-corrected chi connectivity index (χ3v) is 6.70. The summed E-state index contributed by atoms with van der Waals surface area (Å²) in [4.78, 5) is 18.2. The highest BCUT2D eigenvalue weighted by Crippen LogP contribution is 2.37. The summed E-state index contributed by atoms with van der Waals surface area (Å²) >= 11 is 1.63. The summed E-state index contributed by atoms with van der Waals surface area (Å²) in [6.45, 7) is 11.3. The summed E-state index contributed by atoms with van der Waals surface area (Å²) < 4.78 is 4.97. The number of methoxy groups -OCH3 is 1. The van der Waals surface area contributed by atoms with Crippen molar-refractivity contribution in [2.45, 2.75) is 58.2 Å². The van der Waals surface area contributed by atoms with Gasteiger partial charge in [0.1, 0.15) is 0 Å². The van der Waals surface area contributed by atoms with Crippen LogP contribution in [0.25, 0.3) is 11.1 Å². The van der Waals surface area contributed by atoms with Gasteiger partial charge in [-0.25, -0.2) is 4.79 Å². The van der Waals surface area contributed by atoms with Crippen molar-refractivity contribution in [3.63, 3.8) is 0 Å². The maximum atomic E-state index is 12.2. The van der Waals surface area contributed by atoms with Gasteiger partial charge in [-0.1, -0.05) is 62.7 Å². The number of carbonyl (C=O) groups excluding carboxylic acids is 1. The van der Waals surface area contributed by atoms with Crippen molar-refractivity contribution in [1.82, 2.24) is 4.98 Å². The molecule has 0 spiro atoms. The fraction of sp³-hybridized carbons (Fsp3) is 0.357. The summed E-state index contributed by atoms with van der Waals surface area (Å²) in [5, 5.41) is 0. The number of hydrogen-bond donors (Lipinski definition) is 1. The summed E-state index contributed by atoms with van der Waals surface area (Å²) in [5.74, 6) is 0.355. The standard InChI is InChI=1S/C28H34N2O2S/c1-18-11-13-20(14-12-18)26-22(16-29)24(15-28(3,4)5)30-19(2)23(26)17-33-25-10-8-7-9-21(25)27(31)32-6/h7-14H,15-17,29H2,1-6H3. The molecule has 33 heavy (non-hydrogen) atoms. The number of nitrogens with zero attached hydrogens (tertiary/aromatic N) is 1. The molecule has 1 aromatic heterocycles. The fourth-order valence-corrected chi connectivity index (χ4v) is 5.11. The largest absolute Gasteiger partial charge is 0.465 e. The lowest BCUT2D eigenvalue weighted by Gasteiger charge is -2.24. The van der Waals surface area contributed by atoms with Gasteiger partial charge in [-0.2, -0.15) is 0 Å². The molecule has 0 saturated heterocycles. The summed E-state index contributed by atoms with van der Waals surface area (Å²) in [7, 11) is 1.41. The van der Waals surface area contributed by atoms with Crippen molar-refractivity contribution in [1.29, 1.82) is 0 Å². The predicted molar refractivity (Wildman–Crippen MR) is 138 cm³/mol.